The van der Waals surface area contributed by atoms with Crippen LogP contribution in [0.25, 0.3) is 0 Å². The lowest BCUT2D eigenvalue weighted by molar-refractivity contribution is 0.675. The second-order valence-corrected chi connectivity index (χ2v) is 6.93. The van der Waals surface area contributed by atoms with Gasteiger partial charge in [0.1, 0.15) is 0 Å². The fraction of sp³-hybridized carbons (Fsp3) is 0.286. The van der Waals surface area contributed by atoms with Gasteiger partial charge < -0.3 is 4.57 Å². The number of benzene rings is 2. The summed E-state index contributed by atoms with van der Waals surface area (Å²) in [5.74, 6) is 0. The Bertz CT molecular complexity index is 824. The highest BCUT2D eigenvalue weighted by atomic mass is 35.5. The first-order valence-electron chi connectivity index (χ1n) is 8.66. The SMILES string of the molecule is Clc1ccccc1C(c1ccc2c(c1)CCCCC2)n1ccnc1. The molecule has 0 bridgehead atoms. The minimum absolute atomic E-state index is 0.0646. The highest BCUT2D eigenvalue weighted by Crippen LogP contribution is 2.33. The Balaban J connectivity index is 1.83. The Morgan fingerprint density at radius 3 is 2.58 bits per heavy atom. The van der Waals surface area contributed by atoms with Crippen molar-refractivity contribution in [2.24, 2.45) is 0 Å². The van der Waals surface area contributed by atoms with Crippen molar-refractivity contribution < 1.29 is 0 Å². The molecule has 2 nitrogen and oxygen atoms in total. The summed E-state index contributed by atoms with van der Waals surface area (Å²) in [6.07, 6.45) is 12.0. The molecule has 3 heteroatoms. The van der Waals surface area contributed by atoms with Gasteiger partial charge in [0.25, 0.3) is 0 Å². The molecule has 0 saturated heterocycles. The molecule has 1 atom stereocenters. The Morgan fingerprint density at radius 2 is 1.79 bits per heavy atom. The number of rotatable bonds is 3. The van der Waals surface area contributed by atoms with E-state index in [0.29, 0.717) is 0 Å². The summed E-state index contributed by atoms with van der Waals surface area (Å²) in [5, 5.41) is 0.797. The number of hydrogen-bond donors (Lipinski definition) is 0. The molecule has 0 aliphatic heterocycles. The van der Waals surface area contributed by atoms with Crippen LogP contribution in [0.5, 0.6) is 0 Å². The van der Waals surface area contributed by atoms with Gasteiger partial charge in [-0.25, -0.2) is 4.98 Å². The summed E-state index contributed by atoms with van der Waals surface area (Å²) in [5.41, 5.74) is 5.41. The first kappa shape index (κ1) is 15.5. The van der Waals surface area contributed by atoms with Gasteiger partial charge in [0.2, 0.25) is 0 Å². The molecule has 0 amide bonds. The number of aryl methyl sites for hydroxylation is 2. The van der Waals surface area contributed by atoms with Crippen LogP contribution in [0.15, 0.2) is 61.2 Å². The molecule has 0 N–H and O–H groups in total. The van der Waals surface area contributed by atoms with Crippen LogP contribution in [0.3, 0.4) is 0 Å². The molecular formula is C21H21ClN2. The predicted molar refractivity (Wildman–Crippen MR) is 98.6 cm³/mol. The van der Waals surface area contributed by atoms with Crippen LogP contribution in [0.2, 0.25) is 5.02 Å². The Morgan fingerprint density at radius 1 is 0.958 bits per heavy atom. The lowest BCUT2D eigenvalue weighted by atomic mass is 9.93. The molecule has 1 aromatic heterocycles. The molecule has 0 radical (unpaired) electrons. The third-order valence-corrected chi connectivity index (χ3v) is 5.31. The molecule has 122 valence electrons. The van der Waals surface area contributed by atoms with Crippen LogP contribution in [0.1, 0.15) is 47.6 Å². The highest BCUT2D eigenvalue weighted by molar-refractivity contribution is 6.31. The maximum absolute atomic E-state index is 6.52. The van der Waals surface area contributed by atoms with Gasteiger partial charge in [-0.15, -0.1) is 0 Å². The van der Waals surface area contributed by atoms with E-state index in [4.69, 9.17) is 11.6 Å². The maximum atomic E-state index is 6.52. The van der Waals surface area contributed by atoms with Gasteiger partial charge in [0, 0.05) is 17.4 Å². The number of imidazole rings is 1. The van der Waals surface area contributed by atoms with E-state index in [-0.39, 0.29) is 6.04 Å². The van der Waals surface area contributed by atoms with E-state index in [2.05, 4.69) is 39.9 Å². The molecule has 24 heavy (non-hydrogen) atoms. The van der Waals surface area contributed by atoms with Crippen molar-refractivity contribution >= 4 is 11.6 Å². The summed E-state index contributed by atoms with van der Waals surface area (Å²) in [6, 6.07) is 15.1. The second kappa shape index (κ2) is 6.82. The first-order valence-corrected chi connectivity index (χ1v) is 9.04. The number of hydrogen-bond acceptors (Lipinski definition) is 1. The first-order chi connectivity index (χ1) is 11.8. The maximum Gasteiger partial charge on any atom is 0.0954 e. The largest absolute Gasteiger partial charge is 0.326 e. The van der Waals surface area contributed by atoms with Gasteiger partial charge in [-0.3, -0.25) is 0 Å². The Hall–Kier alpha value is -2.06. The fourth-order valence-corrected chi connectivity index (χ4v) is 3.97. The molecule has 0 spiro atoms. The lowest BCUT2D eigenvalue weighted by Crippen LogP contribution is -2.12. The molecule has 0 fully saturated rings. The van der Waals surface area contributed by atoms with Gasteiger partial charge in [-0.05, 0) is 54.0 Å². The van der Waals surface area contributed by atoms with E-state index in [0.717, 1.165) is 10.6 Å². The van der Waals surface area contributed by atoms with Gasteiger partial charge in [0.05, 0.1) is 12.4 Å². The summed E-state index contributed by atoms with van der Waals surface area (Å²) in [4.78, 5) is 4.25. The topological polar surface area (TPSA) is 17.8 Å². The Kier molecular flexibility index (Phi) is 4.40. The van der Waals surface area contributed by atoms with E-state index in [9.17, 15) is 0 Å². The van der Waals surface area contributed by atoms with Crippen LogP contribution in [0.4, 0.5) is 0 Å². The van der Waals surface area contributed by atoms with Gasteiger partial charge in [0.15, 0.2) is 0 Å². The monoisotopic (exact) mass is 336 g/mol. The molecule has 1 heterocycles. The average Bonchev–Trinajstić information content (AvgIpc) is 3.02. The van der Waals surface area contributed by atoms with Crippen LogP contribution in [0, 0.1) is 0 Å². The van der Waals surface area contributed by atoms with Crippen molar-refractivity contribution in [3.05, 3.63) is 88.5 Å². The van der Waals surface area contributed by atoms with Crippen molar-refractivity contribution in [1.82, 2.24) is 9.55 Å². The normalized spacial score (nSPS) is 15.5. The zero-order chi connectivity index (χ0) is 16.4. The van der Waals surface area contributed by atoms with E-state index < -0.39 is 0 Å². The number of halogens is 1. The standard InChI is InChI=1S/C21H21ClN2/c22-20-9-5-4-8-19(20)21(24-13-12-23-15-24)18-11-10-16-6-2-1-3-7-17(16)14-18/h4-5,8-15,21H,1-3,6-7H2. The zero-order valence-corrected chi connectivity index (χ0v) is 14.4. The molecule has 1 aliphatic rings. The highest BCUT2D eigenvalue weighted by Gasteiger charge is 2.20. The number of fused-ring (bicyclic) bond motifs is 1. The summed E-state index contributed by atoms with van der Waals surface area (Å²) in [7, 11) is 0. The minimum Gasteiger partial charge on any atom is -0.326 e. The lowest BCUT2D eigenvalue weighted by Gasteiger charge is -2.22. The van der Waals surface area contributed by atoms with Gasteiger partial charge in [-0.2, -0.15) is 0 Å². The number of aromatic nitrogens is 2. The van der Waals surface area contributed by atoms with Crippen molar-refractivity contribution in [2.75, 3.05) is 0 Å². The third-order valence-electron chi connectivity index (χ3n) is 4.96. The molecule has 0 saturated carbocycles. The van der Waals surface area contributed by atoms with Crippen LogP contribution in [-0.4, -0.2) is 9.55 Å². The van der Waals surface area contributed by atoms with Crippen molar-refractivity contribution in [2.45, 2.75) is 38.1 Å². The van der Waals surface area contributed by atoms with Gasteiger partial charge in [-0.1, -0.05) is 54.4 Å². The van der Waals surface area contributed by atoms with E-state index >= 15 is 0 Å². The summed E-state index contributed by atoms with van der Waals surface area (Å²) < 4.78 is 2.14. The van der Waals surface area contributed by atoms with Crippen molar-refractivity contribution in [3.63, 3.8) is 0 Å². The smallest absolute Gasteiger partial charge is 0.0954 e. The van der Waals surface area contributed by atoms with E-state index in [1.165, 1.54) is 48.8 Å². The molecule has 2 aromatic carbocycles. The molecular weight excluding hydrogens is 316 g/mol. The van der Waals surface area contributed by atoms with Crippen LogP contribution in [-0.2, 0) is 12.8 Å². The quantitative estimate of drug-likeness (QED) is 0.582. The van der Waals surface area contributed by atoms with E-state index in [1.807, 2.05) is 30.9 Å². The van der Waals surface area contributed by atoms with E-state index in [1.54, 1.807) is 0 Å². The minimum atomic E-state index is 0.0646. The van der Waals surface area contributed by atoms with Crippen LogP contribution >= 0.6 is 11.6 Å². The number of nitrogens with zero attached hydrogens (tertiary/aromatic N) is 2. The van der Waals surface area contributed by atoms with Gasteiger partial charge >= 0.3 is 0 Å². The van der Waals surface area contributed by atoms with Crippen molar-refractivity contribution in [1.29, 1.82) is 0 Å². The molecule has 3 aromatic rings. The zero-order valence-electron chi connectivity index (χ0n) is 13.7. The van der Waals surface area contributed by atoms with Crippen LogP contribution < -0.4 is 0 Å². The summed E-state index contributed by atoms with van der Waals surface area (Å²) >= 11 is 6.52. The summed E-state index contributed by atoms with van der Waals surface area (Å²) in [6.45, 7) is 0. The molecule has 1 unspecified atom stereocenters. The second-order valence-electron chi connectivity index (χ2n) is 6.52. The fourth-order valence-electron chi connectivity index (χ4n) is 3.73. The predicted octanol–water partition coefficient (Wildman–Crippen LogP) is 5.44. The third kappa shape index (κ3) is 2.99. The Labute approximate surface area is 148 Å². The molecule has 1 aliphatic carbocycles. The average molecular weight is 337 g/mol. The van der Waals surface area contributed by atoms with Crippen molar-refractivity contribution in [3.8, 4) is 0 Å². The molecule has 4 rings (SSSR count).